The molecule has 1 saturated heterocycles. The van der Waals surface area contributed by atoms with Gasteiger partial charge < -0.3 is 10.6 Å². The number of carbonyl (C=O) groups is 2. The smallest absolute Gasteiger partial charge is 0.243 e. The van der Waals surface area contributed by atoms with Crippen LogP contribution in [-0.4, -0.2) is 49.2 Å². The summed E-state index contributed by atoms with van der Waals surface area (Å²) in [6, 6.07) is 11.3. The van der Waals surface area contributed by atoms with E-state index in [9.17, 15) is 18.0 Å². The molecule has 10 heteroatoms. The van der Waals surface area contributed by atoms with Gasteiger partial charge in [0.05, 0.1) is 29.6 Å². The van der Waals surface area contributed by atoms with Gasteiger partial charge in [-0.3, -0.25) is 14.6 Å². The summed E-state index contributed by atoms with van der Waals surface area (Å²) < 4.78 is 27.0. The summed E-state index contributed by atoms with van der Waals surface area (Å²) in [7, 11) is -3.71. The van der Waals surface area contributed by atoms with Crippen molar-refractivity contribution in [3.63, 3.8) is 0 Å². The molecule has 1 aliphatic heterocycles. The van der Waals surface area contributed by atoms with Crippen molar-refractivity contribution in [3.8, 4) is 0 Å². The highest BCUT2D eigenvalue weighted by Crippen LogP contribution is 2.24. The van der Waals surface area contributed by atoms with Gasteiger partial charge in [0.25, 0.3) is 0 Å². The van der Waals surface area contributed by atoms with E-state index in [0.29, 0.717) is 30.1 Å². The van der Waals surface area contributed by atoms with Crippen LogP contribution >= 0.6 is 11.6 Å². The Morgan fingerprint density at radius 3 is 2.60 bits per heavy atom. The maximum Gasteiger partial charge on any atom is 0.243 e. The Hall–Kier alpha value is -2.49. The van der Waals surface area contributed by atoms with Crippen LogP contribution in [0.2, 0.25) is 5.02 Å². The zero-order valence-corrected chi connectivity index (χ0v) is 17.8. The summed E-state index contributed by atoms with van der Waals surface area (Å²) in [5.74, 6) is -1.18. The predicted octanol–water partition coefficient (Wildman–Crippen LogP) is 1.57. The number of hydrogen-bond donors (Lipinski definition) is 2. The highest BCUT2D eigenvalue weighted by atomic mass is 35.5. The Balaban J connectivity index is 1.51. The summed E-state index contributed by atoms with van der Waals surface area (Å²) in [4.78, 5) is 28.7. The Morgan fingerprint density at radius 2 is 1.90 bits per heavy atom. The maximum atomic E-state index is 12.8. The monoisotopic (exact) mass is 450 g/mol. The molecule has 0 aliphatic carbocycles. The van der Waals surface area contributed by atoms with Crippen molar-refractivity contribution >= 4 is 33.4 Å². The lowest BCUT2D eigenvalue weighted by Gasteiger charge is -2.31. The fraction of sp³-hybridized carbons (Fsp3) is 0.350. The molecule has 1 aromatic heterocycles. The fourth-order valence-corrected chi connectivity index (χ4v) is 4.85. The molecule has 1 aromatic carbocycles. The number of aromatic nitrogens is 1. The molecule has 160 valence electrons. The largest absolute Gasteiger partial charge is 0.349 e. The van der Waals surface area contributed by atoms with Gasteiger partial charge in [-0.1, -0.05) is 17.7 Å². The molecule has 0 radical (unpaired) electrons. The molecule has 1 atom stereocenters. The average Bonchev–Trinajstić information content (AvgIpc) is 2.77. The minimum absolute atomic E-state index is 0.0757. The zero-order valence-electron chi connectivity index (χ0n) is 16.3. The van der Waals surface area contributed by atoms with Crippen LogP contribution in [-0.2, 0) is 26.2 Å². The average molecular weight is 451 g/mol. The van der Waals surface area contributed by atoms with Gasteiger partial charge >= 0.3 is 0 Å². The molecule has 1 fully saturated rings. The minimum Gasteiger partial charge on any atom is -0.349 e. The number of hydrogen-bond acceptors (Lipinski definition) is 5. The normalized spacial score (nSPS) is 17.3. The van der Waals surface area contributed by atoms with Gasteiger partial charge in [0.2, 0.25) is 21.8 Å². The van der Waals surface area contributed by atoms with Crippen LogP contribution in [0, 0.1) is 5.92 Å². The Labute approximate surface area is 180 Å². The van der Waals surface area contributed by atoms with Crippen LogP contribution in [0.5, 0.6) is 0 Å². The molecule has 0 bridgehead atoms. The van der Waals surface area contributed by atoms with Crippen LogP contribution < -0.4 is 10.6 Å². The Kier molecular flexibility index (Phi) is 7.41. The van der Waals surface area contributed by atoms with E-state index in [1.807, 2.05) is 6.07 Å². The summed E-state index contributed by atoms with van der Waals surface area (Å²) in [5.41, 5.74) is 0.715. The van der Waals surface area contributed by atoms with E-state index in [0.717, 1.165) is 0 Å². The SMILES string of the molecule is O=C(CNC(=O)[C@@H]1CCCN(S(=O)(=O)c2ccc(Cl)cc2)C1)NCc1ccccn1. The number of halogens is 1. The lowest BCUT2D eigenvalue weighted by Crippen LogP contribution is -2.47. The maximum absolute atomic E-state index is 12.8. The van der Waals surface area contributed by atoms with Gasteiger partial charge in [-0.15, -0.1) is 0 Å². The van der Waals surface area contributed by atoms with E-state index >= 15 is 0 Å². The van der Waals surface area contributed by atoms with Gasteiger partial charge in [-0.2, -0.15) is 4.31 Å². The number of rotatable bonds is 7. The van der Waals surface area contributed by atoms with Crippen LogP contribution in [0.4, 0.5) is 0 Å². The molecule has 3 rings (SSSR count). The van der Waals surface area contributed by atoms with E-state index in [4.69, 9.17) is 11.6 Å². The number of nitrogens with zero attached hydrogens (tertiary/aromatic N) is 2. The molecule has 2 amide bonds. The van der Waals surface area contributed by atoms with Crippen molar-refractivity contribution in [2.45, 2.75) is 24.3 Å². The molecule has 2 heterocycles. The van der Waals surface area contributed by atoms with Gasteiger partial charge in [0.15, 0.2) is 0 Å². The van der Waals surface area contributed by atoms with Crippen LogP contribution in [0.25, 0.3) is 0 Å². The quantitative estimate of drug-likeness (QED) is 0.665. The van der Waals surface area contributed by atoms with Crippen molar-refractivity contribution in [1.29, 1.82) is 0 Å². The number of nitrogens with one attached hydrogen (secondary N) is 2. The lowest BCUT2D eigenvalue weighted by atomic mass is 9.99. The summed E-state index contributed by atoms with van der Waals surface area (Å²) >= 11 is 5.83. The number of sulfonamides is 1. The summed E-state index contributed by atoms with van der Waals surface area (Å²) in [6.45, 7) is 0.518. The lowest BCUT2D eigenvalue weighted by molar-refractivity contribution is -0.129. The van der Waals surface area contributed by atoms with E-state index in [1.54, 1.807) is 18.3 Å². The molecule has 2 aromatic rings. The standard InChI is InChI=1S/C20H23ClN4O4S/c21-16-6-8-18(9-7-16)30(28,29)25-11-3-4-15(14-25)20(27)24-13-19(26)23-12-17-5-1-2-10-22-17/h1-2,5-10,15H,3-4,11-14H2,(H,23,26)(H,24,27)/t15-/m1/s1. The molecular formula is C20H23ClN4O4S. The first-order chi connectivity index (χ1) is 14.4. The zero-order chi connectivity index (χ0) is 21.6. The second kappa shape index (κ2) is 10.0. The number of carbonyl (C=O) groups excluding carboxylic acids is 2. The number of benzene rings is 1. The highest BCUT2D eigenvalue weighted by molar-refractivity contribution is 7.89. The predicted molar refractivity (Wildman–Crippen MR) is 112 cm³/mol. The van der Waals surface area contributed by atoms with E-state index < -0.39 is 15.9 Å². The van der Waals surface area contributed by atoms with Gasteiger partial charge in [0, 0.05) is 24.3 Å². The third-order valence-corrected chi connectivity index (χ3v) is 6.95. The molecule has 2 N–H and O–H groups in total. The molecule has 30 heavy (non-hydrogen) atoms. The van der Waals surface area contributed by atoms with E-state index in [1.165, 1.54) is 28.6 Å². The second-order valence-electron chi connectivity index (χ2n) is 6.97. The van der Waals surface area contributed by atoms with Gasteiger partial charge in [-0.25, -0.2) is 8.42 Å². The minimum atomic E-state index is -3.71. The van der Waals surface area contributed by atoms with Crippen molar-refractivity contribution in [2.75, 3.05) is 19.6 Å². The summed E-state index contributed by atoms with van der Waals surface area (Å²) in [6.07, 6.45) is 2.76. The second-order valence-corrected chi connectivity index (χ2v) is 9.35. The fourth-order valence-electron chi connectivity index (χ4n) is 3.20. The van der Waals surface area contributed by atoms with Crippen molar-refractivity contribution in [3.05, 3.63) is 59.4 Å². The number of piperidine rings is 1. The third-order valence-electron chi connectivity index (χ3n) is 4.82. The first-order valence-electron chi connectivity index (χ1n) is 9.56. The number of amides is 2. The first kappa shape index (κ1) is 22.2. The third kappa shape index (κ3) is 5.78. The molecule has 0 spiro atoms. The molecule has 8 nitrogen and oxygen atoms in total. The van der Waals surface area contributed by atoms with E-state index in [-0.39, 0.29) is 36.3 Å². The Morgan fingerprint density at radius 1 is 1.13 bits per heavy atom. The van der Waals surface area contributed by atoms with Crippen molar-refractivity contribution in [1.82, 2.24) is 19.9 Å². The van der Waals surface area contributed by atoms with Crippen LogP contribution in [0.15, 0.2) is 53.6 Å². The Bertz CT molecular complexity index is 984. The molecular weight excluding hydrogens is 428 g/mol. The first-order valence-corrected chi connectivity index (χ1v) is 11.4. The topological polar surface area (TPSA) is 108 Å². The van der Waals surface area contributed by atoms with Gasteiger partial charge in [0.1, 0.15) is 0 Å². The van der Waals surface area contributed by atoms with Crippen molar-refractivity contribution < 1.29 is 18.0 Å². The van der Waals surface area contributed by atoms with Crippen LogP contribution in [0.3, 0.4) is 0 Å². The van der Waals surface area contributed by atoms with Crippen molar-refractivity contribution in [2.24, 2.45) is 5.92 Å². The van der Waals surface area contributed by atoms with Gasteiger partial charge in [-0.05, 0) is 49.2 Å². The highest BCUT2D eigenvalue weighted by Gasteiger charge is 2.33. The molecule has 1 aliphatic rings. The summed E-state index contributed by atoms with van der Waals surface area (Å²) in [5, 5.41) is 5.73. The van der Waals surface area contributed by atoms with E-state index in [2.05, 4.69) is 15.6 Å². The number of pyridine rings is 1. The van der Waals surface area contributed by atoms with Crippen LogP contribution in [0.1, 0.15) is 18.5 Å². The molecule has 0 saturated carbocycles. The molecule has 0 unspecified atom stereocenters.